The summed E-state index contributed by atoms with van der Waals surface area (Å²) in [6.07, 6.45) is 4.49. The summed E-state index contributed by atoms with van der Waals surface area (Å²) in [6, 6.07) is 13.1. The van der Waals surface area contributed by atoms with Crippen molar-refractivity contribution >= 4 is 5.82 Å². The predicted octanol–water partition coefficient (Wildman–Crippen LogP) is 4.11. The average molecular weight is 339 g/mol. The van der Waals surface area contributed by atoms with E-state index in [0.29, 0.717) is 12.0 Å². The summed E-state index contributed by atoms with van der Waals surface area (Å²) in [6.45, 7) is 7.52. The van der Waals surface area contributed by atoms with Crippen molar-refractivity contribution in [2.24, 2.45) is 5.92 Å². The Hall–Kier alpha value is -2.07. The summed E-state index contributed by atoms with van der Waals surface area (Å²) in [5, 5.41) is 3.53. The Kier molecular flexibility index (Phi) is 5.92. The lowest BCUT2D eigenvalue weighted by Crippen LogP contribution is -2.47. The van der Waals surface area contributed by atoms with E-state index in [9.17, 15) is 0 Å². The summed E-state index contributed by atoms with van der Waals surface area (Å²) in [5.74, 6) is 2.57. The van der Waals surface area contributed by atoms with Crippen LogP contribution in [0.2, 0.25) is 0 Å². The molecule has 0 radical (unpaired) electrons. The number of rotatable bonds is 6. The van der Waals surface area contributed by atoms with E-state index in [1.54, 1.807) is 7.11 Å². The molecule has 0 amide bonds. The van der Waals surface area contributed by atoms with Crippen LogP contribution in [0, 0.1) is 12.8 Å². The zero-order chi connectivity index (χ0) is 17.6. The van der Waals surface area contributed by atoms with E-state index in [2.05, 4.69) is 53.3 Å². The van der Waals surface area contributed by atoms with Gasteiger partial charge in [-0.15, -0.1) is 0 Å². The van der Waals surface area contributed by atoms with Crippen LogP contribution in [0.3, 0.4) is 0 Å². The molecule has 4 heteroatoms. The molecule has 0 bridgehead atoms. The quantitative estimate of drug-likeness (QED) is 0.859. The maximum atomic E-state index is 5.26. The molecule has 2 atom stereocenters. The minimum absolute atomic E-state index is 0.527. The molecule has 1 fully saturated rings. The summed E-state index contributed by atoms with van der Waals surface area (Å²) < 4.78 is 5.26. The van der Waals surface area contributed by atoms with Crippen molar-refractivity contribution in [1.29, 1.82) is 0 Å². The van der Waals surface area contributed by atoms with Crippen molar-refractivity contribution in [3.63, 3.8) is 0 Å². The van der Waals surface area contributed by atoms with Crippen LogP contribution in [0.15, 0.2) is 42.6 Å². The number of methoxy groups -OCH3 is 1. The Morgan fingerprint density at radius 2 is 2.00 bits per heavy atom. The Morgan fingerprint density at radius 1 is 1.20 bits per heavy atom. The van der Waals surface area contributed by atoms with Crippen LogP contribution in [0.1, 0.15) is 30.9 Å². The van der Waals surface area contributed by atoms with Crippen molar-refractivity contribution in [1.82, 2.24) is 9.88 Å². The van der Waals surface area contributed by atoms with E-state index < -0.39 is 0 Å². The van der Waals surface area contributed by atoms with E-state index in [-0.39, 0.29) is 0 Å². The van der Waals surface area contributed by atoms with Gasteiger partial charge in [0.15, 0.2) is 0 Å². The van der Waals surface area contributed by atoms with Gasteiger partial charge in [0.05, 0.1) is 7.11 Å². The zero-order valence-electron chi connectivity index (χ0n) is 15.5. The number of aromatic nitrogens is 1. The molecule has 1 aliphatic rings. The molecule has 1 N–H and O–H groups in total. The molecule has 25 heavy (non-hydrogen) atoms. The summed E-state index contributed by atoms with van der Waals surface area (Å²) in [7, 11) is 1.71. The van der Waals surface area contributed by atoms with Gasteiger partial charge in [0.25, 0.3) is 0 Å². The minimum atomic E-state index is 0.527. The lowest BCUT2D eigenvalue weighted by atomic mass is 9.90. The largest absolute Gasteiger partial charge is 0.497 e. The number of nitrogens with zero attached hydrogens (tertiary/aromatic N) is 2. The van der Waals surface area contributed by atoms with E-state index in [1.165, 1.54) is 24.0 Å². The Balaban J connectivity index is 1.64. The third-order valence-electron chi connectivity index (χ3n) is 5.18. The first kappa shape index (κ1) is 17.7. The number of hydrogen-bond donors (Lipinski definition) is 1. The van der Waals surface area contributed by atoms with Gasteiger partial charge in [-0.2, -0.15) is 0 Å². The first-order valence-electron chi connectivity index (χ1n) is 9.19. The Labute approximate surface area is 151 Å². The maximum absolute atomic E-state index is 5.26. The summed E-state index contributed by atoms with van der Waals surface area (Å²) in [4.78, 5) is 7.08. The molecule has 0 aliphatic carbocycles. The van der Waals surface area contributed by atoms with Gasteiger partial charge in [-0.3, -0.25) is 4.90 Å². The molecule has 0 unspecified atom stereocenters. The van der Waals surface area contributed by atoms with E-state index >= 15 is 0 Å². The number of anilines is 1. The van der Waals surface area contributed by atoms with E-state index in [4.69, 9.17) is 4.74 Å². The molecule has 2 aromatic rings. The molecule has 3 rings (SSSR count). The molecular formula is C21H29N3O. The minimum Gasteiger partial charge on any atom is -0.497 e. The van der Waals surface area contributed by atoms with Crippen molar-refractivity contribution < 1.29 is 4.74 Å². The number of pyridine rings is 1. The Morgan fingerprint density at radius 3 is 2.68 bits per heavy atom. The third kappa shape index (κ3) is 4.73. The number of ether oxygens (including phenoxy) is 1. The van der Waals surface area contributed by atoms with Crippen LogP contribution in [-0.4, -0.2) is 36.1 Å². The number of hydrogen-bond acceptors (Lipinski definition) is 4. The molecule has 1 aromatic carbocycles. The normalized spacial score (nSPS) is 21.1. The molecular weight excluding hydrogens is 310 g/mol. The SMILES string of the molecule is COc1ccc(CN2CCC[C@@H](C)[C@H]2CNc2ccc(C)cn2)cc1. The summed E-state index contributed by atoms with van der Waals surface area (Å²) >= 11 is 0. The second-order valence-corrected chi connectivity index (χ2v) is 7.11. The van der Waals surface area contributed by atoms with Crippen LogP contribution < -0.4 is 10.1 Å². The van der Waals surface area contributed by atoms with Gasteiger partial charge in [0.1, 0.15) is 11.6 Å². The van der Waals surface area contributed by atoms with Gasteiger partial charge in [0.2, 0.25) is 0 Å². The fourth-order valence-electron chi connectivity index (χ4n) is 3.61. The first-order valence-corrected chi connectivity index (χ1v) is 9.19. The van der Waals surface area contributed by atoms with Crippen molar-refractivity contribution in [2.45, 2.75) is 39.3 Å². The van der Waals surface area contributed by atoms with Crippen LogP contribution in [0.5, 0.6) is 5.75 Å². The monoisotopic (exact) mass is 339 g/mol. The van der Waals surface area contributed by atoms with E-state index in [0.717, 1.165) is 31.2 Å². The standard InChI is InChI=1S/C21H29N3O/c1-16-6-11-21(22-13-16)23-14-20-17(2)5-4-12-24(20)15-18-7-9-19(25-3)10-8-18/h6-11,13,17,20H,4-5,12,14-15H2,1-3H3,(H,22,23)/t17-,20-/m1/s1. The number of likely N-dealkylation sites (tertiary alicyclic amines) is 1. The van der Waals surface area contributed by atoms with Crippen LogP contribution in [0.4, 0.5) is 5.82 Å². The van der Waals surface area contributed by atoms with Crippen LogP contribution >= 0.6 is 0 Å². The predicted molar refractivity (Wildman–Crippen MR) is 103 cm³/mol. The van der Waals surface area contributed by atoms with E-state index in [1.807, 2.05) is 18.3 Å². The topological polar surface area (TPSA) is 37.4 Å². The van der Waals surface area contributed by atoms with Crippen molar-refractivity contribution in [3.8, 4) is 5.75 Å². The number of nitrogens with one attached hydrogen (secondary N) is 1. The van der Waals surface area contributed by atoms with Crippen LogP contribution in [0.25, 0.3) is 0 Å². The highest BCUT2D eigenvalue weighted by Crippen LogP contribution is 2.26. The highest BCUT2D eigenvalue weighted by molar-refractivity contribution is 5.35. The lowest BCUT2D eigenvalue weighted by Gasteiger charge is -2.40. The molecule has 1 aromatic heterocycles. The first-order chi connectivity index (χ1) is 12.2. The maximum Gasteiger partial charge on any atom is 0.125 e. The highest BCUT2D eigenvalue weighted by atomic mass is 16.5. The number of benzene rings is 1. The molecule has 1 saturated heterocycles. The van der Waals surface area contributed by atoms with Gasteiger partial charge >= 0.3 is 0 Å². The number of aryl methyl sites for hydroxylation is 1. The van der Waals surface area contributed by atoms with Gasteiger partial charge in [-0.05, 0) is 61.6 Å². The third-order valence-corrected chi connectivity index (χ3v) is 5.18. The fraction of sp³-hybridized carbons (Fsp3) is 0.476. The van der Waals surface area contributed by atoms with Gasteiger partial charge in [-0.25, -0.2) is 4.98 Å². The van der Waals surface area contributed by atoms with Gasteiger partial charge in [-0.1, -0.05) is 25.1 Å². The molecule has 4 nitrogen and oxygen atoms in total. The average Bonchev–Trinajstić information content (AvgIpc) is 2.63. The van der Waals surface area contributed by atoms with Crippen molar-refractivity contribution in [3.05, 3.63) is 53.7 Å². The molecule has 1 aliphatic heterocycles. The Bertz CT molecular complexity index is 654. The second kappa shape index (κ2) is 8.34. The van der Waals surface area contributed by atoms with Crippen LogP contribution in [-0.2, 0) is 6.54 Å². The molecule has 0 saturated carbocycles. The van der Waals surface area contributed by atoms with Crippen molar-refractivity contribution in [2.75, 3.05) is 25.5 Å². The zero-order valence-corrected chi connectivity index (χ0v) is 15.5. The molecule has 134 valence electrons. The molecule has 0 spiro atoms. The summed E-state index contributed by atoms with van der Waals surface area (Å²) in [5.41, 5.74) is 2.53. The molecule has 2 heterocycles. The lowest BCUT2D eigenvalue weighted by molar-refractivity contribution is 0.102. The highest BCUT2D eigenvalue weighted by Gasteiger charge is 2.28. The smallest absolute Gasteiger partial charge is 0.125 e. The second-order valence-electron chi connectivity index (χ2n) is 7.11. The fourth-order valence-corrected chi connectivity index (χ4v) is 3.61. The number of piperidine rings is 1. The van der Waals surface area contributed by atoms with Gasteiger partial charge < -0.3 is 10.1 Å². The van der Waals surface area contributed by atoms with Gasteiger partial charge in [0, 0.05) is 25.3 Å².